The maximum atomic E-state index is 12.4. The lowest BCUT2D eigenvalue weighted by molar-refractivity contribution is -0.137. The molecular weight excluding hydrogens is 340 g/mol. The van der Waals surface area contributed by atoms with Gasteiger partial charge in [-0.2, -0.15) is 0 Å². The van der Waals surface area contributed by atoms with Crippen LogP contribution in [0.5, 0.6) is 0 Å². The van der Waals surface area contributed by atoms with Crippen LogP contribution in [0.15, 0.2) is 36.1 Å². The molecule has 0 spiro atoms. The number of nitrogens with one attached hydrogen (secondary N) is 1. The van der Waals surface area contributed by atoms with Gasteiger partial charge in [-0.15, -0.1) is 0 Å². The zero-order valence-electron chi connectivity index (χ0n) is 16.3. The predicted molar refractivity (Wildman–Crippen MR) is 105 cm³/mol. The number of rotatable bonds is 4. The van der Waals surface area contributed by atoms with E-state index in [0.29, 0.717) is 17.5 Å². The molecule has 4 rings (SSSR count). The van der Waals surface area contributed by atoms with Gasteiger partial charge in [0.25, 0.3) is 0 Å². The summed E-state index contributed by atoms with van der Waals surface area (Å²) in [6.45, 7) is 4.28. The highest BCUT2D eigenvalue weighted by molar-refractivity contribution is 5.89. The van der Waals surface area contributed by atoms with Gasteiger partial charge in [0.1, 0.15) is 0 Å². The van der Waals surface area contributed by atoms with Crippen LogP contribution in [0.4, 0.5) is 0 Å². The quantitative estimate of drug-likeness (QED) is 0.506. The van der Waals surface area contributed by atoms with Gasteiger partial charge in [0, 0.05) is 29.7 Å². The van der Waals surface area contributed by atoms with E-state index >= 15 is 0 Å². The molecule has 1 saturated heterocycles. The Morgan fingerprint density at radius 1 is 1.33 bits per heavy atom. The number of carbonyl (C=O) groups excluding carboxylic acids is 1. The zero-order valence-corrected chi connectivity index (χ0v) is 16.3. The predicted octanol–water partition coefficient (Wildman–Crippen LogP) is 3.82. The van der Waals surface area contributed by atoms with E-state index in [2.05, 4.69) is 41.1 Å². The number of para-hydroxylation sites is 1. The average molecular weight is 368 g/mol. The Bertz CT molecular complexity index is 870. The molecule has 0 radical (unpaired) electrons. The van der Waals surface area contributed by atoms with Gasteiger partial charge in [-0.25, -0.2) is 4.79 Å². The normalized spacial score (nSPS) is 25.7. The van der Waals surface area contributed by atoms with Crippen molar-refractivity contribution < 1.29 is 14.3 Å². The average Bonchev–Trinajstić information content (AvgIpc) is 3.09. The van der Waals surface area contributed by atoms with Gasteiger partial charge < -0.3 is 14.5 Å². The second-order valence-corrected chi connectivity index (χ2v) is 7.63. The van der Waals surface area contributed by atoms with Crippen LogP contribution in [0.2, 0.25) is 0 Å². The molecule has 5 nitrogen and oxygen atoms in total. The van der Waals surface area contributed by atoms with E-state index in [4.69, 9.17) is 9.47 Å². The monoisotopic (exact) mass is 368 g/mol. The van der Waals surface area contributed by atoms with Gasteiger partial charge in [-0.3, -0.25) is 4.90 Å². The third kappa shape index (κ3) is 3.04. The maximum Gasteiger partial charge on any atom is 0.337 e. The number of benzene rings is 1. The fourth-order valence-electron chi connectivity index (χ4n) is 5.04. The Morgan fingerprint density at radius 3 is 2.89 bits per heavy atom. The molecule has 2 aromatic rings. The second kappa shape index (κ2) is 7.39. The van der Waals surface area contributed by atoms with E-state index in [1.54, 1.807) is 13.4 Å². The topological polar surface area (TPSA) is 54.6 Å². The van der Waals surface area contributed by atoms with Crippen LogP contribution in [0.1, 0.15) is 37.1 Å². The molecule has 0 aliphatic carbocycles. The SMILES string of the molecule is CC[C@@H]1CN2CCc3c([nH]c4ccccc34)C2C[C@H]1/C(=C\OC)C(=O)OC. The molecule has 1 fully saturated rings. The first-order valence-electron chi connectivity index (χ1n) is 9.82. The Labute approximate surface area is 160 Å². The van der Waals surface area contributed by atoms with Crippen LogP contribution < -0.4 is 0 Å². The second-order valence-electron chi connectivity index (χ2n) is 7.63. The Morgan fingerprint density at radius 2 is 2.15 bits per heavy atom. The summed E-state index contributed by atoms with van der Waals surface area (Å²) in [4.78, 5) is 18.7. The van der Waals surface area contributed by atoms with Gasteiger partial charge >= 0.3 is 5.97 Å². The number of hydrogen-bond acceptors (Lipinski definition) is 4. The molecule has 3 heterocycles. The molecule has 1 unspecified atom stereocenters. The molecule has 5 heteroatoms. The lowest BCUT2D eigenvalue weighted by Crippen LogP contribution is -2.47. The van der Waals surface area contributed by atoms with E-state index in [1.807, 2.05) is 0 Å². The van der Waals surface area contributed by atoms with Crippen molar-refractivity contribution in [2.75, 3.05) is 27.3 Å². The highest BCUT2D eigenvalue weighted by Crippen LogP contribution is 2.45. The van der Waals surface area contributed by atoms with E-state index in [9.17, 15) is 4.79 Å². The van der Waals surface area contributed by atoms with E-state index < -0.39 is 0 Å². The van der Waals surface area contributed by atoms with Crippen molar-refractivity contribution in [1.29, 1.82) is 0 Å². The number of H-pyrrole nitrogens is 1. The largest absolute Gasteiger partial charge is 0.504 e. The van der Waals surface area contributed by atoms with Crippen molar-refractivity contribution in [1.82, 2.24) is 9.88 Å². The molecule has 1 N–H and O–H groups in total. The molecule has 0 saturated carbocycles. The highest BCUT2D eigenvalue weighted by atomic mass is 16.5. The lowest BCUT2D eigenvalue weighted by atomic mass is 9.74. The molecule has 0 bridgehead atoms. The van der Waals surface area contributed by atoms with Crippen molar-refractivity contribution in [3.63, 3.8) is 0 Å². The van der Waals surface area contributed by atoms with Crippen molar-refractivity contribution in [3.8, 4) is 0 Å². The van der Waals surface area contributed by atoms with Gasteiger partial charge in [0.05, 0.1) is 32.1 Å². The standard InChI is InChI=1S/C22H28N2O3/c1-4-14-12-24-10-9-16-15-7-5-6-8-19(15)23-21(16)20(24)11-17(14)18(13-26-2)22(25)27-3/h5-8,13-14,17,20,23H,4,9-12H2,1-3H3/b18-13+/t14-,17-,20?/m1/s1. The van der Waals surface area contributed by atoms with E-state index in [1.165, 1.54) is 29.3 Å². The molecule has 0 amide bonds. The molecule has 1 aromatic heterocycles. The summed E-state index contributed by atoms with van der Waals surface area (Å²) in [6, 6.07) is 8.85. The molecule has 2 aliphatic heterocycles. The minimum Gasteiger partial charge on any atom is -0.504 e. The number of fused-ring (bicyclic) bond motifs is 5. The minimum atomic E-state index is -0.276. The smallest absolute Gasteiger partial charge is 0.337 e. The van der Waals surface area contributed by atoms with Gasteiger partial charge in [0.2, 0.25) is 0 Å². The Hall–Kier alpha value is -2.27. The minimum absolute atomic E-state index is 0.140. The molecule has 3 atom stereocenters. The summed E-state index contributed by atoms with van der Waals surface area (Å²) in [5.74, 6) is 0.287. The van der Waals surface area contributed by atoms with Crippen LogP contribution >= 0.6 is 0 Å². The Balaban J connectivity index is 1.73. The van der Waals surface area contributed by atoms with Crippen molar-refractivity contribution in [2.45, 2.75) is 32.2 Å². The first kappa shape index (κ1) is 18.1. The summed E-state index contributed by atoms with van der Waals surface area (Å²) in [5.41, 5.74) is 4.63. The number of ether oxygens (including phenoxy) is 2. The maximum absolute atomic E-state index is 12.4. The zero-order chi connectivity index (χ0) is 19.0. The number of aromatic amines is 1. The Kier molecular flexibility index (Phi) is 4.96. The van der Waals surface area contributed by atoms with Gasteiger partial charge in [-0.1, -0.05) is 31.5 Å². The van der Waals surface area contributed by atoms with Crippen molar-refractivity contribution in [3.05, 3.63) is 47.4 Å². The molecule has 144 valence electrons. The molecular formula is C22H28N2O3. The van der Waals surface area contributed by atoms with Gasteiger partial charge in [-0.05, 0) is 36.3 Å². The van der Waals surface area contributed by atoms with E-state index in [-0.39, 0.29) is 11.9 Å². The van der Waals surface area contributed by atoms with Crippen LogP contribution in [0.25, 0.3) is 10.9 Å². The number of aromatic nitrogens is 1. The van der Waals surface area contributed by atoms with Crippen LogP contribution in [0.3, 0.4) is 0 Å². The number of methoxy groups -OCH3 is 2. The number of piperidine rings is 1. The summed E-state index contributed by atoms with van der Waals surface area (Å²) in [7, 11) is 3.04. The summed E-state index contributed by atoms with van der Waals surface area (Å²) in [6.07, 6.45) is 4.60. The van der Waals surface area contributed by atoms with E-state index in [0.717, 1.165) is 32.4 Å². The summed E-state index contributed by atoms with van der Waals surface area (Å²) >= 11 is 0. The highest BCUT2D eigenvalue weighted by Gasteiger charge is 2.42. The van der Waals surface area contributed by atoms with Crippen LogP contribution in [-0.4, -0.2) is 43.2 Å². The third-order valence-corrected chi connectivity index (χ3v) is 6.37. The molecule has 2 aliphatic rings. The van der Waals surface area contributed by atoms with Gasteiger partial charge in [0.15, 0.2) is 0 Å². The lowest BCUT2D eigenvalue weighted by Gasteiger charge is -2.46. The fraction of sp³-hybridized carbons (Fsp3) is 0.500. The van der Waals surface area contributed by atoms with Crippen molar-refractivity contribution >= 4 is 16.9 Å². The fourth-order valence-corrected chi connectivity index (χ4v) is 5.04. The number of nitrogens with zero attached hydrogens (tertiary/aromatic N) is 1. The third-order valence-electron chi connectivity index (χ3n) is 6.37. The van der Waals surface area contributed by atoms with Crippen LogP contribution in [0, 0.1) is 11.8 Å². The molecule has 27 heavy (non-hydrogen) atoms. The first-order chi connectivity index (χ1) is 13.2. The first-order valence-corrected chi connectivity index (χ1v) is 9.82. The molecule has 1 aromatic carbocycles. The summed E-state index contributed by atoms with van der Waals surface area (Å²) < 4.78 is 10.3. The number of carbonyl (C=O) groups is 1. The van der Waals surface area contributed by atoms with Crippen LogP contribution in [-0.2, 0) is 20.7 Å². The summed E-state index contributed by atoms with van der Waals surface area (Å²) in [5, 5.41) is 1.34. The van der Waals surface area contributed by atoms with Crippen molar-refractivity contribution in [2.24, 2.45) is 11.8 Å². The number of esters is 1. The number of hydrogen-bond donors (Lipinski definition) is 1.